The normalized spacial score (nSPS) is 11.6. The Morgan fingerprint density at radius 1 is 0.531 bits per heavy atom. The standard InChI is InChI=1S/C24H51N.C2H6O4S/c1-4-7-10-13-16-19-22-25(23-20-17-14-11-8-5-2)24-21-18-15-12-9-6-3;1-2-6-7(3,4)5/h4-24H2,1-3H3;2H2,1H3,(H,3,4,5). The molecular weight excluding hydrogens is 422 g/mol. The molecule has 0 heterocycles. The molecule has 0 bridgehead atoms. The molecule has 0 aliphatic rings. The van der Waals surface area contributed by atoms with Crippen LogP contribution in [0.1, 0.15) is 143 Å². The summed E-state index contributed by atoms with van der Waals surface area (Å²) >= 11 is 0. The van der Waals surface area contributed by atoms with Gasteiger partial charge in [-0.1, -0.05) is 97.8 Å². The highest BCUT2D eigenvalue weighted by atomic mass is 32.3. The maximum absolute atomic E-state index is 9.45. The molecule has 5 nitrogen and oxygen atoms in total. The van der Waals surface area contributed by atoms with Crippen LogP contribution in [-0.4, -0.2) is 39.2 Å². The lowest BCUT2D eigenvalue weighted by Crippen LogP contribution is -3.12. The highest BCUT2D eigenvalue weighted by Crippen LogP contribution is 2.06. The monoisotopic (exact) mass is 479 g/mol. The van der Waals surface area contributed by atoms with Gasteiger partial charge >= 0.3 is 0 Å². The van der Waals surface area contributed by atoms with Crippen LogP contribution in [0.5, 0.6) is 0 Å². The van der Waals surface area contributed by atoms with Crippen molar-refractivity contribution in [2.45, 2.75) is 143 Å². The Morgan fingerprint density at radius 2 is 0.812 bits per heavy atom. The molecular formula is C26H57NO4S. The van der Waals surface area contributed by atoms with Gasteiger partial charge in [-0.05, 0) is 45.4 Å². The summed E-state index contributed by atoms with van der Waals surface area (Å²) in [4.78, 5) is 1.92. The predicted molar refractivity (Wildman–Crippen MR) is 137 cm³/mol. The minimum Gasteiger partial charge on any atom is -0.726 e. The van der Waals surface area contributed by atoms with E-state index in [1.54, 1.807) is 0 Å². The third kappa shape index (κ3) is 32.0. The summed E-state index contributed by atoms with van der Waals surface area (Å²) in [7, 11) is -4.42. The van der Waals surface area contributed by atoms with E-state index >= 15 is 0 Å². The first-order chi connectivity index (χ1) is 15.4. The van der Waals surface area contributed by atoms with Crippen molar-refractivity contribution in [1.29, 1.82) is 0 Å². The molecule has 32 heavy (non-hydrogen) atoms. The number of rotatable bonds is 23. The molecule has 0 rings (SSSR count). The molecule has 0 fully saturated rings. The average Bonchev–Trinajstić information content (AvgIpc) is 2.74. The van der Waals surface area contributed by atoms with Gasteiger partial charge in [-0.2, -0.15) is 0 Å². The fraction of sp³-hybridized carbons (Fsp3) is 1.00. The Hall–Kier alpha value is -0.170. The number of unbranched alkanes of at least 4 members (excludes halogenated alkanes) is 15. The lowest BCUT2D eigenvalue weighted by molar-refractivity contribution is -0.900. The van der Waals surface area contributed by atoms with Crippen LogP contribution in [0.15, 0.2) is 0 Å². The van der Waals surface area contributed by atoms with Crippen LogP contribution in [0.4, 0.5) is 0 Å². The molecule has 0 aliphatic heterocycles. The van der Waals surface area contributed by atoms with Gasteiger partial charge in [0.2, 0.25) is 10.4 Å². The van der Waals surface area contributed by atoms with E-state index in [1.807, 2.05) is 4.90 Å². The zero-order valence-electron chi connectivity index (χ0n) is 22.1. The minimum atomic E-state index is -4.42. The van der Waals surface area contributed by atoms with Gasteiger partial charge in [-0.3, -0.25) is 4.18 Å². The highest BCUT2D eigenvalue weighted by Gasteiger charge is 2.08. The zero-order valence-corrected chi connectivity index (χ0v) is 22.9. The minimum absolute atomic E-state index is 0.0914. The van der Waals surface area contributed by atoms with E-state index in [9.17, 15) is 13.0 Å². The molecule has 0 aromatic heterocycles. The van der Waals surface area contributed by atoms with Crippen molar-refractivity contribution in [2.75, 3.05) is 26.2 Å². The van der Waals surface area contributed by atoms with E-state index in [0.29, 0.717) is 0 Å². The first-order valence-corrected chi connectivity index (χ1v) is 15.2. The van der Waals surface area contributed by atoms with Gasteiger partial charge in [-0.15, -0.1) is 0 Å². The van der Waals surface area contributed by atoms with Crippen molar-refractivity contribution < 1.29 is 22.1 Å². The summed E-state index contributed by atoms with van der Waals surface area (Å²) < 4.78 is 32.0. The Labute approximate surface area is 202 Å². The molecule has 0 saturated carbocycles. The Kier molecular flexibility index (Phi) is 28.8. The van der Waals surface area contributed by atoms with Crippen molar-refractivity contribution in [1.82, 2.24) is 0 Å². The van der Waals surface area contributed by atoms with E-state index in [1.165, 1.54) is 142 Å². The summed E-state index contributed by atoms with van der Waals surface area (Å²) in [6.07, 6.45) is 26.0. The van der Waals surface area contributed by atoms with Crippen LogP contribution in [0.3, 0.4) is 0 Å². The van der Waals surface area contributed by atoms with E-state index in [2.05, 4.69) is 25.0 Å². The first-order valence-electron chi connectivity index (χ1n) is 13.8. The fourth-order valence-corrected chi connectivity index (χ4v) is 4.27. The number of quaternary nitrogens is 1. The maximum atomic E-state index is 9.45. The van der Waals surface area contributed by atoms with Gasteiger partial charge < -0.3 is 9.45 Å². The number of hydrogen-bond acceptors (Lipinski definition) is 4. The van der Waals surface area contributed by atoms with Crippen molar-refractivity contribution in [3.63, 3.8) is 0 Å². The zero-order chi connectivity index (χ0) is 24.3. The second-order valence-corrected chi connectivity index (χ2v) is 10.2. The largest absolute Gasteiger partial charge is 0.726 e. The van der Waals surface area contributed by atoms with Crippen molar-refractivity contribution in [3.8, 4) is 0 Å². The molecule has 0 atom stereocenters. The van der Waals surface area contributed by atoms with Crippen LogP contribution in [0.25, 0.3) is 0 Å². The first kappa shape index (κ1) is 34.0. The molecule has 1 N–H and O–H groups in total. The summed E-state index contributed by atoms with van der Waals surface area (Å²) in [5, 5.41) is 0. The molecule has 6 heteroatoms. The molecule has 0 saturated heterocycles. The molecule has 0 radical (unpaired) electrons. The summed E-state index contributed by atoms with van der Waals surface area (Å²) in [5.74, 6) is 0. The Balaban J connectivity index is 0. The summed E-state index contributed by atoms with van der Waals surface area (Å²) in [6.45, 7) is 12.6. The van der Waals surface area contributed by atoms with Gasteiger partial charge in [0.1, 0.15) is 0 Å². The van der Waals surface area contributed by atoms with Crippen LogP contribution in [0, 0.1) is 0 Å². The molecule has 0 aromatic rings. The van der Waals surface area contributed by atoms with Crippen molar-refractivity contribution >= 4 is 10.4 Å². The van der Waals surface area contributed by atoms with E-state index in [4.69, 9.17) is 0 Å². The Bertz CT molecular complexity index is 405. The average molecular weight is 480 g/mol. The van der Waals surface area contributed by atoms with Crippen LogP contribution in [-0.2, 0) is 14.6 Å². The molecule has 0 unspecified atom stereocenters. The van der Waals surface area contributed by atoms with Crippen LogP contribution >= 0.6 is 0 Å². The molecule has 0 aromatic carbocycles. The summed E-state index contributed by atoms with van der Waals surface area (Å²) in [6, 6.07) is 0. The SMILES string of the molecule is CCCCCCCC[NH+](CCCCCCCC)CCCCCCCC.CCOS(=O)(=O)[O-]. The number of nitrogens with one attached hydrogen (secondary N) is 1. The van der Waals surface area contributed by atoms with Crippen molar-refractivity contribution in [2.24, 2.45) is 0 Å². The summed E-state index contributed by atoms with van der Waals surface area (Å²) in [5.41, 5.74) is 0. The molecule has 0 amide bonds. The third-order valence-electron chi connectivity index (χ3n) is 5.91. The lowest BCUT2D eigenvalue weighted by atomic mass is 10.1. The highest BCUT2D eigenvalue weighted by molar-refractivity contribution is 7.80. The van der Waals surface area contributed by atoms with E-state index in [0.717, 1.165) is 0 Å². The second kappa shape index (κ2) is 27.1. The van der Waals surface area contributed by atoms with Crippen molar-refractivity contribution in [3.05, 3.63) is 0 Å². The predicted octanol–water partition coefficient (Wildman–Crippen LogP) is 6.44. The lowest BCUT2D eigenvalue weighted by Gasteiger charge is -2.20. The quantitative estimate of drug-likeness (QED) is 0.104. The van der Waals surface area contributed by atoms with Gasteiger partial charge in [0.25, 0.3) is 0 Å². The topological polar surface area (TPSA) is 70.9 Å². The second-order valence-electron chi connectivity index (χ2n) is 9.12. The van der Waals surface area contributed by atoms with Gasteiger partial charge in [0.05, 0.1) is 26.2 Å². The molecule has 0 spiro atoms. The van der Waals surface area contributed by atoms with Gasteiger partial charge in [-0.25, -0.2) is 8.42 Å². The Morgan fingerprint density at radius 3 is 1.03 bits per heavy atom. The molecule has 196 valence electrons. The van der Waals surface area contributed by atoms with Crippen LogP contribution in [0.2, 0.25) is 0 Å². The van der Waals surface area contributed by atoms with Crippen LogP contribution < -0.4 is 4.90 Å². The molecule has 0 aliphatic carbocycles. The maximum Gasteiger partial charge on any atom is 0.217 e. The van der Waals surface area contributed by atoms with E-state index < -0.39 is 10.4 Å². The van der Waals surface area contributed by atoms with E-state index in [-0.39, 0.29) is 6.61 Å². The van der Waals surface area contributed by atoms with Gasteiger partial charge in [0.15, 0.2) is 0 Å². The third-order valence-corrected chi connectivity index (χ3v) is 6.44. The fourth-order valence-electron chi connectivity index (χ4n) is 3.99. The number of hydrogen-bond donors (Lipinski definition) is 1. The van der Waals surface area contributed by atoms with Gasteiger partial charge in [0, 0.05) is 0 Å². The smallest absolute Gasteiger partial charge is 0.217 e.